The molecule has 1 aromatic heterocycles. The Morgan fingerprint density at radius 2 is 2.14 bits per heavy atom. The van der Waals surface area contributed by atoms with Crippen molar-refractivity contribution in [2.24, 2.45) is 0 Å². The maximum absolute atomic E-state index is 12.4. The summed E-state index contributed by atoms with van der Waals surface area (Å²) < 4.78 is 27.6. The fraction of sp³-hybridized carbons (Fsp3) is 0.357. The fourth-order valence-electron chi connectivity index (χ4n) is 2.61. The number of hydrogen-bond acceptors (Lipinski definition) is 5. The van der Waals surface area contributed by atoms with Gasteiger partial charge in [0.15, 0.2) is 0 Å². The highest BCUT2D eigenvalue weighted by atomic mass is 32.2. The topological polar surface area (TPSA) is 88.3 Å². The minimum Gasteiger partial charge on any atom is -0.384 e. The molecule has 1 aliphatic rings. The normalized spacial score (nSPS) is 20.1. The van der Waals surface area contributed by atoms with Crippen LogP contribution in [-0.2, 0) is 10.0 Å². The summed E-state index contributed by atoms with van der Waals surface area (Å²) in [5, 5.41) is 0.760. The van der Waals surface area contributed by atoms with Gasteiger partial charge in [0, 0.05) is 18.0 Å². The van der Waals surface area contributed by atoms with Gasteiger partial charge in [-0.25, -0.2) is 18.1 Å². The number of likely N-dealkylation sites (tertiary alicyclic amines) is 1. The van der Waals surface area contributed by atoms with Gasteiger partial charge < -0.3 is 10.6 Å². The monoisotopic (exact) mass is 306 g/mol. The van der Waals surface area contributed by atoms with Gasteiger partial charge in [0.25, 0.3) is 0 Å². The molecule has 0 radical (unpaired) electrons. The molecule has 112 valence electrons. The molecule has 3 rings (SSSR count). The lowest BCUT2D eigenvalue weighted by molar-refractivity contribution is 0.407. The van der Waals surface area contributed by atoms with E-state index in [-0.39, 0.29) is 10.9 Å². The van der Waals surface area contributed by atoms with Crippen molar-refractivity contribution in [2.45, 2.75) is 17.4 Å². The zero-order valence-electron chi connectivity index (χ0n) is 11.8. The molecule has 0 saturated carbocycles. The zero-order valence-corrected chi connectivity index (χ0v) is 12.6. The molecule has 1 atom stereocenters. The van der Waals surface area contributed by atoms with Crippen molar-refractivity contribution in [1.82, 2.24) is 14.6 Å². The second-order valence-electron chi connectivity index (χ2n) is 5.46. The third-order valence-electron chi connectivity index (χ3n) is 3.71. The number of aromatic nitrogens is 1. The van der Waals surface area contributed by atoms with Crippen molar-refractivity contribution >= 4 is 26.7 Å². The van der Waals surface area contributed by atoms with Crippen LogP contribution in [-0.4, -0.2) is 44.5 Å². The standard InChI is InChI=1S/C14H18N4O2S/c1-18-7-6-11(9-18)17-21(19,20)12-3-4-13-10(8-12)2-5-14(15)16-13/h2-5,8,11,17H,6-7,9H2,1H3,(H2,15,16). The predicted octanol–water partition coefficient (Wildman–Crippen LogP) is 0.799. The number of nitrogens with zero attached hydrogens (tertiary/aromatic N) is 2. The number of anilines is 1. The quantitative estimate of drug-likeness (QED) is 0.875. The number of fused-ring (bicyclic) bond motifs is 1. The van der Waals surface area contributed by atoms with E-state index in [1.165, 1.54) is 0 Å². The Morgan fingerprint density at radius 1 is 1.33 bits per heavy atom. The highest BCUT2D eigenvalue weighted by Crippen LogP contribution is 2.20. The molecule has 0 spiro atoms. The minimum atomic E-state index is -3.50. The van der Waals surface area contributed by atoms with Gasteiger partial charge in [-0.05, 0) is 50.3 Å². The molecule has 0 bridgehead atoms. The summed E-state index contributed by atoms with van der Waals surface area (Å²) in [6.45, 7) is 1.65. The highest BCUT2D eigenvalue weighted by Gasteiger charge is 2.25. The van der Waals surface area contributed by atoms with Gasteiger partial charge in [-0.2, -0.15) is 0 Å². The first-order chi connectivity index (χ1) is 9.94. The summed E-state index contributed by atoms with van der Waals surface area (Å²) in [6, 6.07) is 8.29. The molecule has 2 aromatic rings. The van der Waals surface area contributed by atoms with E-state index in [9.17, 15) is 8.42 Å². The number of nitrogens with one attached hydrogen (secondary N) is 1. The van der Waals surface area contributed by atoms with Gasteiger partial charge in [0.1, 0.15) is 5.82 Å². The van der Waals surface area contributed by atoms with Gasteiger partial charge in [-0.3, -0.25) is 0 Å². The first-order valence-corrected chi connectivity index (χ1v) is 8.29. The Hall–Kier alpha value is -1.70. The summed E-state index contributed by atoms with van der Waals surface area (Å²) in [7, 11) is -1.52. The van der Waals surface area contributed by atoms with Crippen LogP contribution in [0.3, 0.4) is 0 Å². The largest absolute Gasteiger partial charge is 0.384 e. The van der Waals surface area contributed by atoms with Crippen LogP contribution >= 0.6 is 0 Å². The molecule has 0 aliphatic carbocycles. The number of likely N-dealkylation sites (N-methyl/N-ethyl adjacent to an activating group) is 1. The molecule has 1 aromatic carbocycles. The van der Waals surface area contributed by atoms with Crippen molar-refractivity contribution in [3.05, 3.63) is 30.3 Å². The number of nitrogen functional groups attached to an aromatic ring is 1. The van der Waals surface area contributed by atoms with Crippen LogP contribution in [0.15, 0.2) is 35.2 Å². The number of nitrogens with two attached hydrogens (primary N) is 1. The van der Waals surface area contributed by atoms with Crippen molar-refractivity contribution in [2.75, 3.05) is 25.9 Å². The molecule has 1 unspecified atom stereocenters. The molecule has 6 nitrogen and oxygen atoms in total. The van der Waals surface area contributed by atoms with Crippen molar-refractivity contribution in [3.8, 4) is 0 Å². The van der Waals surface area contributed by atoms with E-state index < -0.39 is 10.0 Å². The molecule has 21 heavy (non-hydrogen) atoms. The van der Waals surface area contributed by atoms with E-state index >= 15 is 0 Å². The number of rotatable bonds is 3. The second-order valence-corrected chi connectivity index (χ2v) is 7.17. The number of pyridine rings is 1. The van der Waals surface area contributed by atoms with Crippen LogP contribution in [0.4, 0.5) is 5.82 Å². The fourth-order valence-corrected chi connectivity index (χ4v) is 3.90. The first-order valence-electron chi connectivity index (χ1n) is 6.81. The summed E-state index contributed by atoms with van der Waals surface area (Å²) in [4.78, 5) is 6.54. The molecule has 2 heterocycles. The van der Waals surface area contributed by atoms with Crippen molar-refractivity contribution in [1.29, 1.82) is 0 Å². The van der Waals surface area contributed by atoms with E-state index in [1.54, 1.807) is 30.3 Å². The Labute approximate surface area is 124 Å². The van der Waals surface area contributed by atoms with Crippen LogP contribution in [0.5, 0.6) is 0 Å². The molecule has 7 heteroatoms. The van der Waals surface area contributed by atoms with Gasteiger partial charge in [-0.1, -0.05) is 0 Å². The molecule has 1 aliphatic heterocycles. The molecular formula is C14H18N4O2S. The SMILES string of the molecule is CN1CCC(NS(=O)(=O)c2ccc3nc(N)ccc3c2)C1. The van der Waals surface area contributed by atoms with Crippen molar-refractivity contribution in [3.63, 3.8) is 0 Å². The van der Waals surface area contributed by atoms with Crippen LogP contribution < -0.4 is 10.5 Å². The van der Waals surface area contributed by atoms with Crippen LogP contribution in [0.25, 0.3) is 10.9 Å². The Morgan fingerprint density at radius 3 is 2.86 bits per heavy atom. The number of hydrogen-bond donors (Lipinski definition) is 2. The van der Waals surface area contributed by atoms with Crippen molar-refractivity contribution < 1.29 is 8.42 Å². The summed E-state index contributed by atoms with van der Waals surface area (Å²) >= 11 is 0. The third kappa shape index (κ3) is 2.99. The minimum absolute atomic E-state index is 0.0276. The lowest BCUT2D eigenvalue weighted by Crippen LogP contribution is -2.36. The maximum atomic E-state index is 12.4. The van der Waals surface area contributed by atoms with E-state index in [1.807, 2.05) is 7.05 Å². The Balaban J connectivity index is 1.89. The van der Waals surface area contributed by atoms with Gasteiger partial charge in [0.2, 0.25) is 10.0 Å². The van der Waals surface area contributed by atoms with E-state index in [4.69, 9.17) is 5.73 Å². The number of benzene rings is 1. The van der Waals surface area contributed by atoms with E-state index in [2.05, 4.69) is 14.6 Å². The average Bonchev–Trinajstić information content (AvgIpc) is 2.82. The molecule has 3 N–H and O–H groups in total. The Kier molecular flexibility index (Phi) is 3.56. The lowest BCUT2D eigenvalue weighted by Gasteiger charge is -2.13. The maximum Gasteiger partial charge on any atom is 0.240 e. The smallest absolute Gasteiger partial charge is 0.240 e. The van der Waals surface area contributed by atoms with Gasteiger partial charge in [0.05, 0.1) is 10.4 Å². The zero-order chi connectivity index (χ0) is 15.0. The highest BCUT2D eigenvalue weighted by molar-refractivity contribution is 7.89. The van der Waals surface area contributed by atoms with Gasteiger partial charge in [-0.15, -0.1) is 0 Å². The summed E-state index contributed by atoms with van der Waals surface area (Å²) in [6.07, 6.45) is 0.835. The molecular weight excluding hydrogens is 288 g/mol. The predicted molar refractivity (Wildman–Crippen MR) is 82.4 cm³/mol. The lowest BCUT2D eigenvalue weighted by atomic mass is 10.2. The number of sulfonamides is 1. The first kappa shape index (κ1) is 14.2. The van der Waals surface area contributed by atoms with E-state index in [0.29, 0.717) is 11.3 Å². The van der Waals surface area contributed by atoms with Gasteiger partial charge >= 0.3 is 0 Å². The van der Waals surface area contributed by atoms with Crippen LogP contribution in [0.1, 0.15) is 6.42 Å². The second kappa shape index (κ2) is 5.25. The average molecular weight is 306 g/mol. The molecule has 0 amide bonds. The van der Waals surface area contributed by atoms with Crippen LogP contribution in [0.2, 0.25) is 0 Å². The summed E-state index contributed by atoms with van der Waals surface area (Å²) in [5.74, 6) is 0.422. The third-order valence-corrected chi connectivity index (χ3v) is 5.22. The van der Waals surface area contributed by atoms with Crippen LogP contribution in [0, 0.1) is 0 Å². The Bertz CT molecular complexity index is 776. The molecule has 1 saturated heterocycles. The molecule has 1 fully saturated rings. The summed E-state index contributed by atoms with van der Waals surface area (Å²) in [5.41, 5.74) is 6.31. The van der Waals surface area contributed by atoms with E-state index in [0.717, 1.165) is 24.9 Å².